The van der Waals surface area contributed by atoms with Gasteiger partial charge in [0.15, 0.2) is 0 Å². The fraction of sp³-hybridized carbons (Fsp3) is 0.778. The molecule has 0 saturated carbocycles. The normalized spacial score (nSPS) is 25.6. The van der Waals surface area contributed by atoms with Gasteiger partial charge in [0.1, 0.15) is 6.04 Å². The molecule has 0 aliphatic carbocycles. The number of alkyl halides is 3. The maximum atomic E-state index is 12.1. The van der Waals surface area contributed by atoms with Gasteiger partial charge in [-0.05, 0) is 12.8 Å². The van der Waals surface area contributed by atoms with E-state index >= 15 is 0 Å². The largest absolute Gasteiger partial charge is 0.472 e. The number of hydrogen-bond donors (Lipinski definition) is 2. The number of halogens is 3. The lowest BCUT2D eigenvalue weighted by molar-refractivity contribution is -0.183. The summed E-state index contributed by atoms with van der Waals surface area (Å²) < 4.78 is 40.7. The molecule has 1 amide bonds. The molecule has 2 N–H and O–H groups in total. The van der Waals surface area contributed by atoms with Crippen molar-refractivity contribution in [2.45, 2.75) is 31.2 Å². The number of carbonyl (C=O) groups is 2. The summed E-state index contributed by atoms with van der Waals surface area (Å²) in [4.78, 5) is 22.1. The van der Waals surface area contributed by atoms with Crippen LogP contribution in [0.1, 0.15) is 12.8 Å². The zero-order chi connectivity index (χ0) is 13.9. The molecule has 9 heteroatoms. The van der Waals surface area contributed by atoms with E-state index in [4.69, 9.17) is 0 Å². The van der Waals surface area contributed by atoms with Crippen LogP contribution in [0.25, 0.3) is 0 Å². The van der Waals surface area contributed by atoms with Gasteiger partial charge in [-0.1, -0.05) is 0 Å². The standard InChI is InChI=1S/C9H13F3N2O4/c1-18-7(16)6-3-2-5(15)4-14(6)13-8(17)9(10,11)12/h5-6,15H,2-4H2,1H3,(H,13,17)/t5-,6-/m0/s1. The van der Waals surface area contributed by atoms with Crippen LogP contribution in [-0.2, 0) is 14.3 Å². The Balaban J connectivity index is 2.74. The van der Waals surface area contributed by atoms with Gasteiger partial charge in [-0.25, -0.2) is 5.01 Å². The summed E-state index contributed by atoms with van der Waals surface area (Å²) in [6.07, 6.45) is -5.60. The third-order valence-electron chi connectivity index (χ3n) is 2.53. The predicted molar refractivity (Wildman–Crippen MR) is 51.9 cm³/mol. The lowest BCUT2D eigenvalue weighted by Crippen LogP contribution is -2.59. The Morgan fingerprint density at radius 3 is 2.50 bits per heavy atom. The number of nitrogens with one attached hydrogen (secondary N) is 1. The van der Waals surface area contributed by atoms with Crippen LogP contribution in [0.3, 0.4) is 0 Å². The number of ether oxygens (including phenoxy) is 1. The number of esters is 1. The van der Waals surface area contributed by atoms with Crippen LogP contribution in [0, 0.1) is 0 Å². The molecular weight excluding hydrogens is 257 g/mol. The first kappa shape index (κ1) is 14.7. The van der Waals surface area contributed by atoms with E-state index < -0.39 is 30.2 Å². The highest BCUT2D eigenvalue weighted by Crippen LogP contribution is 2.19. The van der Waals surface area contributed by atoms with E-state index in [0.29, 0.717) is 0 Å². The van der Waals surface area contributed by atoms with E-state index in [0.717, 1.165) is 12.1 Å². The summed E-state index contributed by atoms with van der Waals surface area (Å²) in [6.45, 7) is -0.262. The van der Waals surface area contributed by atoms with Crippen molar-refractivity contribution < 1.29 is 32.6 Å². The lowest BCUT2D eigenvalue weighted by Gasteiger charge is -2.36. The molecule has 1 fully saturated rings. The molecule has 0 aromatic carbocycles. The molecule has 0 aromatic rings. The van der Waals surface area contributed by atoms with Crippen molar-refractivity contribution in [2.24, 2.45) is 0 Å². The Bertz CT molecular complexity index is 334. The second kappa shape index (κ2) is 5.53. The highest BCUT2D eigenvalue weighted by Gasteiger charge is 2.42. The summed E-state index contributed by atoms with van der Waals surface area (Å²) in [7, 11) is 1.09. The molecule has 0 aromatic heterocycles. The number of aliphatic hydroxyl groups excluding tert-OH is 1. The number of rotatable bonds is 2. The van der Waals surface area contributed by atoms with Crippen LogP contribution in [-0.4, -0.2) is 54.0 Å². The Hall–Kier alpha value is -1.35. The maximum absolute atomic E-state index is 12.1. The van der Waals surface area contributed by atoms with Gasteiger partial charge in [0.25, 0.3) is 0 Å². The van der Waals surface area contributed by atoms with Gasteiger partial charge in [0.05, 0.1) is 13.2 Å². The van der Waals surface area contributed by atoms with E-state index in [1.54, 1.807) is 5.43 Å². The van der Waals surface area contributed by atoms with Gasteiger partial charge < -0.3 is 9.84 Å². The van der Waals surface area contributed by atoms with Crippen molar-refractivity contribution in [3.8, 4) is 0 Å². The second-order valence-electron chi connectivity index (χ2n) is 3.86. The van der Waals surface area contributed by atoms with Crippen LogP contribution >= 0.6 is 0 Å². The Morgan fingerprint density at radius 2 is 2.00 bits per heavy atom. The molecule has 1 aliphatic rings. The molecule has 1 heterocycles. The monoisotopic (exact) mass is 270 g/mol. The minimum atomic E-state index is -5.05. The molecule has 2 atom stereocenters. The smallest absolute Gasteiger partial charge is 0.468 e. The van der Waals surface area contributed by atoms with Gasteiger partial charge in [0.2, 0.25) is 0 Å². The molecule has 1 rings (SSSR count). The van der Waals surface area contributed by atoms with Gasteiger partial charge in [0, 0.05) is 6.54 Å². The number of β-amino-alcohol motifs (C(OH)–C–C–N with tert-alkyl or cyclic N) is 1. The zero-order valence-electron chi connectivity index (χ0n) is 9.53. The van der Waals surface area contributed by atoms with Crippen LogP contribution in [0.4, 0.5) is 13.2 Å². The number of hydrogen-bond acceptors (Lipinski definition) is 5. The van der Waals surface area contributed by atoms with Crippen molar-refractivity contribution in [2.75, 3.05) is 13.7 Å². The van der Waals surface area contributed by atoms with E-state index in [2.05, 4.69) is 4.74 Å². The van der Waals surface area contributed by atoms with Crippen molar-refractivity contribution >= 4 is 11.9 Å². The molecule has 1 saturated heterocycles. The molecule has 1 aliphatic heterocycles. The highest BCUT2D eigenvalue weighted by atomic mass is 19.4. The highest BCUT2D eigenvalue weighted by molar-refractivity contribution is 5.82. The van der Waals surface area contributed by atoms with E-state index in [-0.39, 0.29) is 19.4 Å². The second-order valence-corrected chi connectivity index (χ2v) is 3.86. The fourth-order valence-electron chi connectivity index (χ4n) is 1.65. The van der Waals surface area contributed by atoms with Gasteiger partial charge in [-0.15, -0.1) is 0 Å². The average molecular weight is 270 g/mol. The quantitative estimate of drug-likeness (QED) is 0.666. The molecule has 0 spiro atoms. The number of carbonyl (C=O) groups excluding carboxylic acids is 2. The third-order valence-corrected chi connectivity index (χ3v) is 2.53. The van der Waals surface area contributed by atoms with Crippen molar-refractivity contribution in [3.63, 3.8) is 0 Å². The number of piperidine rings is 1. The number of hydrazine groups is 1. The SMILES string of the molecule is COC(=O)[C@@H]1CC[C@H](O)CN1NC(=O)C(F)(F)F. The Labute approximate surface area is 101 Å². The summed E-state index contributed by atoms with van der Waals surface area (Å²) in [5, 5.41) is 10.1. The molecular formula is C9H13F3N2O4. The van der Waals surface area contributed by atoms with Crippen molar-refractivity contribution in [1.29, 1.82) is 0 Å². The molecule has 18 heavy (non-hydrogen) atoms. The van der Waals surface area contributed by atoms with Gasteiger partial charge >= 0.3 is 18.1 Å². The van der Waals surface area contributed by atoms with Crippen LogP contribution in [0.15, 0.2) is 0 Å². The van der Waals surface area contributed by atoms with E-state index in [1.165, 1.54) is 0 Å². The average Bonchev–Trinajstić information content (AvgIpc) is 2.27. The summed E-state index contributed by atoms with van der Waals surface area (Å²) in [5.41, 5.74) is 1.56. The molecule has 6 nitrogen and oxygen atoms in total. The van der Waals surface area contributed by atoms with Crippen molar-refractivity contribution in [3.05, 3.63) is 0 Å². The van der Waals surface area contributed by atoms with E-state index in [9.17, 15) is 27.9 Å². The first-order chi connectivity index (χ1) is 8.25. The molecule has 0 unspecified atom stereocenters. The summed E-state index contributed by atoms with van der Waals surface area (Å²) in [6, 6.07) is -1.02. The number of nitrogens with zero attached hydrogens (tertiary/aromatic N) is 1. The maximum Gasteiger partial charge on any atom is 0.472 e. The number of methoxy groups -OCH3 is 1. The minimum absolute atomic E-state index is 0.103. The fourth-order valence-corrected chi connectivity index (χ4v) is 1.65. The van der Waals surface area contributed by atoms with Crippen LogP contribution in [0.5, 0.6) is 0 Å². The van der Waals surface area contributed by atoms with E-state index in [1.807, 2.05) is 0 Å². The van der Waals surface area contributed by atoms with Crippen LogP contribution < -0.4 is 5.43 Å². The molecule has 0 radical (unpaired) electrons. The van der Waals surface area contributed by atoms with Crippen LogP contribution in [0.2, 0.25) is 0 Å². The molecule has 104 valence electrons. The summed E-state index contributed by atoms with van der Waals surface area (Å²) in [5.74, 6) is -2.95. The Morgan fingerprint density at radius 1 is 1.39 bits per heavy atom. The third kappa shape index (κ3) is 3.57. The molecule has 0 bridgehead atoms. The minimum Gasteiger partial charge on any atom is -0.468 e. The first-order valence-electron chi connectivity index (χ1n) is 5.16. The van der Waals surface area contributed by atoms with Crippen molar-refractivity contribution in [1.82, 2.24) is 10.4 Å². The number of amides is 1. The van der Waals surface area contributed by atoms with Gasteiger partial charge in [-0.2, -0.15) is 13.2 Å². The Kier molecular flexibility index (Phi) is 4.52. The van der Waals surface area contributed by atoms with Gasteiger partial charge in [-0.3, -0.25) is 15.0 Å². The topological polar surface area (TPSA) is 78.9 Å². The predicted octanol–water partition coefficient (Wildman–Crippen LogP) is -0.422. The number of aliphatic hydroxyl groups is 1. The zero-order valence-corrected chi connectivity index (χ0v) is 9.53. The lowest BCUT2D eigenvalue weighted by atomic mass is 10.0. The summed E-state index contributed by atoms with van der Waals surface area (Å²) >= 11 is 0. The first-order valence-corrected chi connectivity index (χ1v) is 5.16.